The van der Waals surface area contributed by atoms with Crippen LogP contribution >= 0.6 is 0 Å². The zero-order chi connectivity index (χ0) is 34.4. The van der Waals surface area contributed by atoms with Crippen LogP contribution in [0.5, 0.6) is 0 Å². The normalized spacial score (nSPS) is 32.5. The van der Waals surface area contributed by atoms with Gasteiger partial charge in [-0.1, -0.05) is 34.1 Å². The number of nitrogens with one attached hydrogen (secondary N) is 2. The van der Waals surface area contributed by atoms with Gasteiger partial charge >= 0.3 is 25.3 Å². The maximum absolute atomic E-state index is 13.3. The number of nitrogens with zero attached hydrogens (tertiary/aromatic N) is 1. The van der Waals surface area contributed by atoms with Crippen molar-refractivity contribution in [2.45, 2.75) is 156 Å². The van der Waals surface area contributed by atoms with Crippen LogP contribution in [0, 0.1) is 29.1 Å². The lowest BCUT2D eigenvalue weighted by molar-refractivity contribution is -0.199. The first-order valence-electron chi connectivity index (χ1n) is 17.4. The van der Waals surface area contributed by atoms with Crippen LogP contribution in [0.1, 0.15) is 108 Å². The summed E-state index contributed by atoms with van der Waals surface area (Å²) in [6.45, 7) is 22.4. The highest BCUT2D eigenvalue weighted by molar-refractivity contribution is 6.45. The average Bonchev–Trinajstić information content (AvgIpc) is 3.41. The van der Waals surface area contributed by atoms with Crippen molar-refractivity contribution >= 4 is 25.3 Å². The molecule has 2 amide bonds. The number of carbonyl (C=O) groups is 3. The van der Waals surface area contributed by atoms with Crippen LogP contribution in [0.3, 0.4) is 0 Å². The molecule has 12 heteroatoms. The molecule has 0 aromatic heterocycles. The largest absolute Gasteiger partial charge is 0.480 e. The summed E-state index contributed by atoms with van der Waals surface area (Å²) >= 11 is 0. The van der Waals surface area contributed by atoms with Gasteiger partial charge in [0.05, 0.1) is 11.7 Å². The number of amides is 2. The summed E-state index contributed by atoms with van der Waals surface area (Å²) < 4.78 is 24.2. The molecule has 3 N–H and O–H groups in total. The Kier molecular flexibility index (Phi) is 10.8. The summed E-state index contributed by atoms with van der Waals surface area (Å²) in [6.07, 6.45) is 3.78. The van der Waals surface area contributed by atoms with Gasteiger partial charge in [0.2, 0.25) is 0 Å². The molecule has 3 saturated carbocycles. The molecule has 46 heavy (non-hydrogen) atoms. The first kappa shape index (κ1) is 36.8. The lowest BCUT2D eigenvalue weighted by Crippen LogP contribution is -2.65. The number of alkyl carbamates (subject to hydrolysis) is 1. The third-order valence-electron chi connectivity index (χ3n) is 10.6. The minimum atomic E-state index is -1.06. The van der Waals surface area contributed by atoms with Crippen LogP contribution in [-0.4, -0.2) is 89.4 Å². The minimum Gasteiger partial charge on any atom is -0.480 e. The molecule has 5 aliphatic rings. The molecule has 0 spiro atoms. The van der Waals surface area contributed by atoms with E-state index < -0.39 is 35.4 Å². The summed E-state index contributed by atoms with van der Waals surface area (Å²) in [5.41, 5.74) is -1.42. The van der Waals surface area contributed by atoms with Crippen LogP contribution in [0.4, 0.5) is 9.59 Å². The van der Waals surface area contributed by atoms with Gasteiger partial charge in [0, 0.05) is 31.1 Å². The van der Waals surface area contributed by atoms with E-state index in [2.05, 4.69) is 45.3 Å². The number of ether oxygens (including phenoxy) is 2. The fraction of sp³-hybridized carbons (Fsp3) is 0.912. The Bertz CT molecular complexity index is 1120. The van der Waals surface area contributed by atoms with Crippen LogP contribution in [0.25, 0.3) is 0 Å². The molecule has 2 aliphatic heterocycles. The fourth-order valence-electron chi connectivity index (χ4n) is 8.44. The maximum Gasteiger partial charge on any atom is 0.457 e. The number of likely N-dealkylation sites (tertiary alicyclic amines) is 1. The summed E-state index contributed by atoms with van der Waals surface area (Å²) in [5.74, 6) is 0.0169. The van der Waals surface area contributed by atoms with E-state index in [-0.39, 0.29) is 48.8 Å². The molecule has 2 heterocycles. The summed E-state index contributed by atoms with van der Waals surface area (Å²) in [7, 11) is -0.323. The average molecular weight is 650 g/mol. The van der Waals surface area contributed by atoms with Crippen molar-refractivity contribution in [2.75, 3.05) is 13.1 Å². The topological polar surface area (TPSA) is 136 Å². The van der Waals surface area contributed by atoms with Crippen molar-refractivity contribution < 1.29 is 38.3 Å². The Morgan fingerprint density at radius 3 is 2.26 bits per heavy atom. The number of hydrogen-bond donors (Lipinski definition) is 3. The molecule has 8 atom stereocenters. The molecule has 11 nitrogen and oxygen atoms in total. The molecular formula is C34H60BN3O8. The van der Waals surface area contributed by atoms with Gasteiger partial charge in [-0.2, -0.15) is 0 Å². The molecule has 5 rings (SSSR count). The minimum absolute atomic E-state index is 0.0972. The van der Waals surface area contributed by atoms with E-state index in [9.17, 15) is 19.5 Å². The van der Waals surface area contributed by atoms with E-state index in [1.807, 2.05) is 20.8 Å². The molecule has 2 saturated heterocycles. The van der Waals surface area contributed by atoms with Crippen molar-refractivity contribution in [1.29, 1.82) is 0 Å². The van der Waals surface area contributed by atoms with Crippen molar-refractivity contribution in [3.8, 4) is 0 Å². The van der Waals surface area contributed by atoms with E-state index in [1.54, 1.807) is 20.8 Å². The zero-order valence-corrected chi connectivity index (χ0v) is 30.1. The van der Waals surface area contributed by atoms with E-state index in [1.165, 1.54) is 11.3 Å². The Labute approximate surface area is 276 Å². The van der Waals surface area contributed by atoms with E-state index in [0.29, 0.717) is 49.9 Å². The molecule has 5 fully saturated rings. The Hall–Kier alpha value is -2.05. The van der Waals surface area contributed by atoms with Crippen molar-refractivity contribution in [3.63, 3.8) is 0 Å². The smallest absolute Gasteiger partial charge is 0.457 e. The monoisotopic (exact) mass is 649 g/mol. The molecule has 262 valence electrons. The number of aliphatic carboxylic acids is 1. The third kappa shape index (κ3) is 8.32. The summed E-state index contributed by atoms with van der Waals surface area (Å²) in [4.78, 5) is 40.0. The van der Waals surface area contributed by atoms with Crippen LogP contribution < -0.4 is 10.6 Å². The number of carboxylic acids is 1. The van der Waals surface area contributed by atoms with Gasteiger partial charge in [-0.05, 0) is 104 Å². The predicted molar refractivity (Wildman–Crippen MR) is 176 cm³/mol. The number of carboxylic acid groups (broad SMARTS) is 1. The Morgan fingerprint density at radius 2 is 1.70 bits per heavy atom. The van der Waals surface area contributed by atoms with Gasteiger partial charge in [-0.15, -0.1) is 0 Å². The first-order valence-corrected chi connectivity index (χ1v) is 17.4. The Morgan fingerprint density at radius 1 is 1.04 bits per heavy atom. The molecule has 3 aliphatic carbocycles. The van der Waals surface area contributed by atoms with Gasteiger partial charge in [-0.25, -0.2) is 14.4 Å². The lowest BCUT2D eigenvalue weighted by Gasteiger charge is -2.64. The molecule has 0 aromatic rings. The van der Waals surface area contributed by atoms with E-state index >= 15 is 0 Å². The number of carbonyl (C=O) groups excluding carboxylic acids is 2. The van der Waals surface area contributed by atoms with Crippen molar-refractivity contribution in [2.24, 2.45) is 29.1 Å². The van der Waals surface area contributed by atoms with Crippen LogP contribution in [-0.2, 0) is 23.6 Å². The third-order valence-corrected chi connectivity index (χ3v) is 10.6. The van der Waals surface area contributed by atoms with E-state index in [0.717, 1.165) is 6.42 Å². The molecule has 0 aromatic carbocycles. The SMILES string of the molecule is CC(C)C[C@@H](CN[C@H]1CN(C(=O)OC(C)(C)C)[C@H](C(=O)O)[C@@H]1CCCB1O[C@@H]2C[C@@H]3C[C@@H](C3(C)C)[C@]2(C)O1)NC(=O)OC(C)(C)C. The molecule has 0 unspecified atom stereocenters. The zero-order valence-electron chi connectivity index (χ0n) is 30.1. The molecular weight excluding hydrogens is 589 g/mol. The molecule has 2 bridgehead atoms. The fourth-order valence-corrected chi connectivity index (χ4v) is 8.44. The highest BCUT2D eigenvalue weighted by Crippen LogP contribution is 2.65. The second-order valence-electron chi connectivity index (χ2n) is 17.4. The second-order valence-corrected chi connectivity index (χ2v) is 17.4. The van der Waals surface area contributed by atoms with E-state index in [4.69, 9.17) is 18.8 Å². The van der Waals surface area contributed by atoms with Crippen molar-refractivity contribution in [3.05, 3.63) is 0 Å². The lowest BCUT2D eigenvalue weighted by atomic mass is 9.43. The number of hydrogen-bond acceptors (Lipinski definition) is 8. The van der Waals surface area contributed by atoms with Gasteiger partial charge < -0.3 is 34.5 Å². The van der Waals surface area contributed by atoms with Gasteiger partial charge in [0.15, 0.2) is 0 Å². The predicted octanol–water partition coefficient (Wildman–Crippen LogP) is 5.71. The van der Waals surface area contributed by atoms with Gasteiger partial charge in [0.25, 0.3) is 0 Å². The first-order chi connectivity index (χ1) is 21.1. The van der Waals surface area contributed by atoms with Gasteiger partial charge in [0.1, 0.15) is 17.2 Å². The quantitative estimate of drug-likeness (QED) is 0.241. The second kappa shape index (κ2) is 13.5. The molecule has 0 radical (unpaired) electrons. The summed E-state index contributed by atoms with van der Waals surface area (Å²) in [6, 6.07) is -1.61. The highest BCUT2D eigenvalue weighted by atomic mass is 16.7. The van der Waals surface area contributed by atoms with Crippen LogP contribution in [0.15, 0.2) is 0 Å². The van der Waals surface area contributed by atoms with Gasteiger partial charge in [-0.3, -0.25) is 4.90 Å². The highest BCUT2D eigenvalue weighted by Gasteiger charge is 2.67. The summed E-state index contributed by atoms with van der Waals surface area (Å²) in [5, 5.41) is 16.9. The van der Waals surface area contributed by atoms with Crippen LogP contribution in [0.2, 0.25) is 6.32 Å². The maximum atomic E-state index is 13.3. The standard InChI is InChI=1S/C34H60BN3O8/c1-20(2)15-22(37-29(41)43-31(3,4)5)18-36-24-19-38(30(42)44-32(6,7)8)27(28(39)40)23(24)13-12-14-35-45-26-17-21-16-25(33(21,9)10)34(26,11)46-35/h20-27,36H,12-19H2,1-11H3,(H,37,41)(H,39,40)/t21-,22-,23+,24-,25-,26+,27-,34-/m0/s1. The van der Waals surface area contributed by atoms with Crippen molar-refractivity contribution in [1.82, 2.24) is 15.5 Å². The Balaban J connectivity index is 1.45. The number of rotatable bonds is 11.